The molecule has 0 saturated heterocycles. The van der Waals surface area contributed by atoms with E-state index in [4.69, 9.17) is 25.5 Å². The molecule has 0 fully saturated rings. The summed E-state index contributed by atoms with van der Waals surface area (Å²) in [6, 6.07) is 0. The number of carbonyl (C=O) groups is 2. The van der Waals surface area contributed by atoms with Crippen molar-refractivity contribution in [2.24, 2.45) is 0 Å². The van der Waals surface area contributed by atoms with Crippen molar-refractivity contribution in [3.63, 3.8) is 0 Å². The number of aliphatic carboxylic acids is 2. The van der Waals surface area contributed by atoms with Crippen LogP contribution in [0, 0.1) is 0 Å². The summed E-state index contributed by atoms with van der Waals surface area (Å²) in [5, 5.41) is 40.4. The van der Waals surface area contributed by atoms with E-state index >= 15 is 0 Å². The smallest absolute Gasteiger partial charge is 0.328 e. The van der Waals surface area contributed by atoms with Crippen molar-refractivity contribution in [3.05, 3.63) is 12.2 Å². The Morgan fingerprint density at radius 2 is 1.28 bits per heavy atom. The van der Waals surface area contributed by atoms with Crippen LogP contribution in [0.4, 0.5) is 0 Å². The summed E-state index contributed by atoms with van der Waals surface area (Å²) in [4.78, 5) is 21.5. The Kier molecular flexibility index (Phi) is 25.5. The van der Waals surface area contributed by atoms with Gasteiger partial charge in [0.2, 0.25) is 0 Å². The Labute approximate surface area is 150 Å². The average molecular weight is 365 g/mol. The molecule has 0 amide bonds. The lowest BCUT2D eigenvalue weighted by molar-refractivity contribution is -0.134. The number of aliphatic hydroxyl groups is 3. The molecule has 0 aromatic carbocycles. The third-order valence-electron chi connectivity index (χ3n) is 2.70. The Hall–Kier alpha value is -1.48. The van der Waals surface area contributed by atoms with Gasteiger partial charge in [0.05, 0.1) is 19.3 Å². The zero-order chi connectivity index (χ0) is 20.1. The lowest BCUT2D eigenvalue weighted by Crippen LogP contribution is -2.28. The van der Waals surface area contributed by atoms with Crippen LogP contribution in [0.3, 0.4) is 0 Å². The lowest BCUT2D eigenvalue weighted by Gasteiger charge is -2.20. The maximum absolute atomic E-state index is 9.55. The van der Waals surface area contributed by atoms with Gasteiger partial charge in [-0.15, -0.1) is 0 Å². The molecule has 0 aliphatic rings. The maximum Gasteiger partial charge on any atom is 0.328 e. The summed E-state index contributed by atoms with van der Waals surface area (Å²) in [5.74, 6) is -2.51. The molecule has 150 valence electrons. The molecule has 0 saturated carbocycles. The normalized spacial score (nSPS) is 11.3. The second-order valence-electron chi connectivity index (χ2n) is 5.31. The number of carboxylic acids is 2. The van der Waals surface area contributed by atoms with Gasteiger partial charge in [0.25, 0.3) is 0 Å². The molecule has 8 heteroatoms. The first-order valence-corrected chi connectivity index (χ1v) is 8.51. The van der Waals surface area contributed by atoms with Crippen LogP contribution < -0.4 is 0 Å². The molecule has 5 N–H and O–H groups in total. The Bertz CT molecular complexity index is 309. The quantitative estimate of drug-likeness (QED) is 0.341. The molecule has 8 nitrogen and oxygen atoms in total. The minimum absolute atomic E-state index is 0.139. The topological polar surface area (TPSA) is 139 Å². The van der Waals surface area contributed by atoms with E-state index in [9.17, 15) is 9.59 Å². The van der Waals surface area contributed by atoms with E-state index in [0.29, 0.717) is 18.8 Å². The van der Waals surface area contributed by atoms with E-state index in [0.717, 1.165) is 19.6 Å². The van der Waals surface area contributed by atoms with Crippen LogP contribution in [0.5, 0.6) is 0 Å². The number of hydrogen-bond acceptors (Lipinski definition) is 6. The van der Waals surface area contributed by atoms with Gasteiger partial charge in [0.15, 0.2) is 0 Å². The second-order valence-corrected chi connectivity index (χ2v) is 5.31. The highest BCUT2D eigenvalue weighted by atomic mass is 16.4. The minimum atomic E-state index is -1.26. The molecule has 0 aromatic rings. The van der Waals surface area contributed by atoms with Gasteiger partial charge in [-0.05, 0) is 32.9 Å². The molecule has 0 aromatic heterocycles. The van der Waals surface area contributed by atoms with Crippen molar-refractivity contribution in [2.45, 2.75) is 52.6 Å². The monoisotopic (exact) mass is 365 g/mol. The summed E-state index contributed by atoms with van der Waals surface area (Å²) >= 11 is 0. The molecular formula is C17H35NO7. The van der Waals surface area contributed by atoms with Crippen LogP contribution in [0.1, 0.15) is 46.5 Å². The highest BCUT2D eigenvalue weighted by Gasteiger charge is 2.01. The standard InChI is InChI=1S/C10H23NO.C4H4O4.C3H8O2/c1-3-5-7-11(9-10-12)8-6-4-2;5-3(6)1-2-4(7)8;1-3(5)2-4/h12H,3-10H2,1-2H3;1-2H,(H,5,6)(H,7,8);3-5H,2H2,1H3/b;2-1-;. The van der Waals surface area contributed by atoms with Gasteiger partial charge in [-0.3, -0.25) is 0 Å². The Balaban J connectivity index is -0.000000321. The highest BCUT2D eigenvalue weighted by Crippen LogP contribution is 1.97. The predicted molar refractivity (Wildman–Crippen MR) is 96.5 cm³/mol. The fraction of sp³-hybridized carbons (Fsp3) is 0.765. The largest absolute Gasteiger partial charge is 0.478 e. The molecule has 0 rings (SSSR count). The van der Waals surface area contributed by atoms with E-state index < -0.39 is 18.0 Å². The molecule has 0 aliphatic heterocycles. The summed E-state index contributed by atoms with van der Waals surface area (Å²) in [7, 11) is 0. The van der Waals surface area contributed by atoms with E-state index in [1.54, 1.807) is 0 Å². The fourth-order valence-corrected chi connectivity index (χ4v) is 1.38. The van der Waals surface area contributed by atoms with Gasteiger partial charge in [0, 0.05) is 18.7 Å². The molecule has 0 bridgehead atoms. The number of unbranched alkanes of at least 4 members (excludes halogenated alkanes) is 2. The molecule has 1 unspecified atom stereocenters. The van der Waals surface area contributed by atoms with E-state index in [-0.39, 0.29) is 6.61 Å². The summed E-state index contributed by atoms with van der Waals surface area (Å²) in [6.07, 6.45) is 5.55. The van der Waals surface area contributed by atoms with E-state index in [1.807, 2.05) is 0 Å². The number of nitrogens with zero attached hydrogens (tertiary/aromatic N) is 1. The fourth-order valence-electron chi connectivity index (χ4n) is 1.38. The van der Waals surface area contributed by atoms with Crippen molar-refractivity contribution < 1.29 is 35.1 Å². The predicted octanol–water partition coefficient (Wildman–Crippen LogP) is 0.952. The molecule has 0 heterocycles. The lowest BCUT2D eigenvalue weighted by atomic mass is 10.2. The highest BCUT2D eigenvalue weighted by molar-refractivity contribution is 5.89. The molecular weight excluding hydrogens is 330 g/mol. The van der Waals surface area contributed by atoms with Crippen LogP contribution in [-0.2, 0) is 9.59 Å². The molecule has 1 atom stereocenters. The Morgan fingerprint density at radius 1 is 0.920 bits per heavy atom. The van der Waals surface area contributed by atoms with Crippen LogP contribution in [0.2, 0.25) is 0 Å². The third-order valence-corrected chi connectivity index (χ3v) is 2.70. The summed E-state index contributed by atoms with van der Waals surface area (Å²) in [6.45, 7) is 9.25. The number of aliphatic hydroxyl groups excluding tert-OH is 3. The van der Waals surface area contributed by atoms with E-state index in [1.165, 1.54) is 32.6 Å². The van der Waals surface area contributed by atoms with Crippen LogP contribution in [-0.4, -0.2) is 81.3 Å². The summed E-state index contributed by atoms with van der Waals surface area (Å²) in [5.41, 5.74) is 0. The number of rotatable bonds is 11. The van der Waals surface area contributed by atoms with E-state index in [2.05, 4.69) is 18.7 Å². The second kappa shape index (κ2) is 22.5. The van der Waals surface area contributed by atoms with Crippen molar-refractivity contribution in [2.75, 3.05) is 32.8 Å². The maximum atomic E-state index is 9.55. The zero-order valence-electron chi connectivity index (χ0n) is 15.6. The SMILES string of the molecule is CC(O)CO.CCCCN(CCO)CCCC.O=C(O)/C=C\C(=O)O. The van der Waals surface area contributed by atoms with Gasteiger partial charge < -0.3 is 30.4 Å². The summed E-state index contributed by atoms with van der Waals surface area (Å²) < 4.78 is 0. The molecule has 25 heavy (non-hydrogen) atoms. The number of hydrogen-bond donors (Lipinski definition) is 5. The van der Waals surface area contributed by atoms with Crippen LogP contribution >= 0.6 is 0 Å². The molecule has 0 radical (unpaired) electrons. The first kappa shape index (κ1) is 28.3. The number of carboxylic acid groups (broad SMARTS) is 2. The van der Waals surface area contributed by atoms with Gasteiger partial charge in [-0.25, -0.2) is 9.59 Å². The van der Waals surface area contributed by atoms with Gasteiger partial charge in [0.1, 0.15) is 0 Å². The zero-order valence-corrected chi connectivity index (χ0v) is 15.6. The van der Waals surface area contributed by atoms with Gasteiger partial charge >= 0.3 is 11.9 Å². The van der Waals surface area contributed by atoms with Crippen molar-refractivity contribution in [1.82, 2.24) is 4.90 Å². The van der Waals surface area contributed by atoms with Crippen LogP contribution in [0.25, 0.3) is 0 Å². The van der Waals surface area contributed by atoms with Crippen molar-refractivity contribution in [1.29, 1.82) is 0 Å². The third kappa shape index (κ3) is 34.7. The average Bonchev–Trinajstić information content (AvgIpc) is 2.56. The first-order valence-electron chi connectivity index (χ1n) is 8.51. The van der Waals surface area contributed by atoms with Crippen molar-refractivity contribution >= 4 is 11.9 Å². The van der Waals surface area contributed by atoms with Crippen molar-refractivity contribution in [3.8, 4) is 0 Å². The minimum Gasteiger partial charge on any atom is -0.478 e. The van der Waals surface area contributed by atoms with Gasteiger partial charge in [-0.2, -0.15) is 0 Å². The van der Waals surface area contributed by atoms with Crippen LogP contribution in [0.15, 0.2) is 12.2 Å². The molecule has 0 aliphatic carbocycles. The van der Waals surface area contributed by atoms with Gasteiger partial charge in [-0.1, -0.05) is 26.7 Å². The Morgan fingerprint density at radius 3 is 1.48 bits per heavy atom. The molecule has 0 spiro atoms. The first-order chi connectivity index (χ1) is 11.7.